The molecule has 5 rings (SSSR count). The molecule has 0 aliphatic carbocycles. The van der Waals surface area contributed by atoms with E-state index in [1.807, 2.05) is 13.8 Å². The Labute approximate surface area is 165 Å². The van der Waals surface area contributed by atoms with E-state index >= 15 is 0 Å². The number of nitro groups is 1. The first-order valence-electron chi connectivity index (χ1n) is 9.11. The Morgan fingerprint density at radius 2 is 1.71 bits per heavy atom. The quantitative estimate of drug-likeness (QED) is 0.434. The Morgan fingerprint density at radius 3 is 2.29 bits per heavy atom. The van der Waals surface area contributed by atoms with Crippen molar-refractivity contribution in [3.63, 3.8) is 0 Å². The number of anilines is 1. The molecule has 0 spiro atoms. The molecule has 0 N–H and O–H groups in total. The summed E-state index contributed by atoms with van der Waals surface area (Å²) in [5.41, 5.74) is -1.14. The Kier molecular flexibility index (Phi) is 3.33. The third-order valence-electron chi connectivity index (χ3n) is 6.59. The van der Waals surface area contributed by atoms with Crippen molar-refractivity contribution >= 4 is 45.6 Å². The topological polar surface area (TPSA) is 89.8 Å². The summed E-state index contributed by atoms with van der Waals surface area (Å²) in [6.45, 7) is 3.78. The van der Waals surface area contributed by atoms with Crippen LogP contribution in [0.15, 0.2) is 30.3 Å². The molecule has 3 aliphatic rings. The summed E-state index contributed by atoms with van der Waals surface area (Å²) in [5, 5.41) is 12.3. The minimum absolute atomic E-state index is 0.161. The third kappa shape index (κ3) is 1.98. The van der Waals surface area contributed by atoms with E-state index in [9.17, 15) is 19.7 Å². The SMILES string of the molecule is CC12CCC(C)(O1)[C@H]1C(=O)N(c3ccc([N+](=O)[O-])c4c(Cl)cccc34)C(=O)[C@H]12. The van der Waals surface area contributed by atoms with Crippen molar-refractivity contribution in [3.05, 3.63) is 45.5 Å². The first kappa shape index (κ1) is 17.6. The molecule has 0 aromatic heterocycles. The lowest BCUT2D eigenvalue weighted by molar-refractivity contribution is -0.383. The number of imide groups is 1. The van der Waals surface area contributed by atoms with E-state index in [-0.39, 0.29) is 27.9 Å². The van der Waals surface area contributed by atoms with Crippen molar-refractivity contribution in [2.75, 3.05) is 4.90 Å². The average Bonchev–Trinajstić information content (AvgIpc) is 3.18. The number of hydrogen-bond acceptors (Lipinski definition) is 5. The Balaban J connectivity index is 1.72. The van der Waals surface area contributed by atoms with Gasteiger partial charge in [-0.3, -0.25) is 19.7 Å². The summed E-state index contributed by atoms with van der Waals surface area (Å²) in [6.07, 6.45) is 1.45. The molecular weight excluding hydrogens is 384 g/mol. The fourth-order valence-corrected chi connectivity index (χ4v) is 5.65. The highest BCUT2D eigenvalue weighted by Gasteiger charge is 2.72. The highest BCUT2D eigenvalue weighted by molar-refractivity contribution is 6.37. The molecular formula is C20H17ClN2O5. The highest BCUT2D eigenvalue weighted by atomic mass is 35.5. The fraction of sp³-hybridized carbons (Fsp3) is 0.400. The molecule has 144 valence electrons. The van der Waals surface area contributed by atoms with Crippen molar-refractivity contribution in [1.29, 1.82) is 0 Å². The van der Waals surface area contributed by atoms with Crippen LogP contribution < -0.4 is 4.90 Å². The van der Waals surface area contributed by atoms with E-state index in [2.05, 4.69) is 0 Å². The molecule has 28 heavy (non-hydrogen) atoms. The molecule has 4 atom stereocenters. The summed E-state index contributed by atoms with van der Waals surface area (Å²) in [7, 11) is 0. The Bertz CT molecular complexity index is 1070. The van der Waals surface area contributed by atoms with E-state index in [0.29, 0.717) is 11.1 Å². The lowest BCUT2D eigenvalue weighted by Crippen LogP contribution is -2.40. The number of nitrogens with zero attached hydrogens (tertiary/aromatic N) is 2. The number of fused-ring (bicyclic) bond motifs is 6. The van der Waals surface area contributed by atoms with E-state index in [1.165, 1.54) is 17.0 Å². The van der Waals surface area contributed by atoms with Crippen LogP contribution in [0.1, 0.15) is 26.7 Å². The van der Waals surface area contributed by atoms with Gasteiger partial charge in [0.15, 0.2) is 0 Å². The predicted molar refractivity (Wildman–Crippen MR) is 102 cm³/mol. The lowest BCUT2D eigenvalue weighted by atomic mass is 9.69. The second kappa shape index (κ2) is 5.30. The number of non-ortho nitro benzene ring substituents is 1. The molecule has 3 aliphatic heterocycles. The number of rotatable bonds is 2. The van der Waals surface area contributed by atoms with Gasteiger partial charge in [-0.15, -0.1) is 0 Å². The number of carbonyl (C=O) groups excluding carboxylic acids is 2. The monoisotopic (exact) mass is 400 g/mol. The van der Waals surface area contributed by atoms with Crippen LogP contribution in [0.3, 0.4) is 0 Å². The second-order valence-electron chi connectivity index (χ2n) is 8.22. The van der Waals surface area contributed by atoms with Gasteiger partial charge >= 0.3 is 0 Å². The minimum Gasteiger partial charge on any atom is -0.367 e. The van der Waals surface area contributed by atoms with Crippen LogP contribution in [-0.4, -0.2) is 27.9 Å². The van der Waals surface area contributed by atoms with Crippen LogP contribution in [0.4, 0.5) is 11.4 Å². The molecule has 0 saturated carbocycles. The van der Waals surface area contributed by atoms with Gasteiger partial charge in [0, 0.05) is 11.5 Å². The van der Waals surface area contributed by atoms with E-state index < -0.39 is 28.0 Å². The molecule has 8 heteroatoms. The summed E-state index contributed by atoms with van der Waals surface area (Å²) < 4.78 is 6.12. The number of amides is 2. The van der Waals surface area contributed by atoms with E-state index in [0.717, 1.165) is 12.8 Å². The van der Waals surface area contributed by atoms with Gasteiger partial charge in [-0.25, -0.2) is 4.90 Å². The van der Waals surface area contributed by atoms with Gasteiger partial charge in [0.05, 0.1) is 44.1 Å². The van der Waals surface area contributed by atoms with Crippen LogP contribution in [-0.2, 0) is 14.3 Å². The smallest absolute Gasteiger partial charge is 0.278 e. The zero-order valence-electron chi connectivity index (χ0n) is 15.3. The normalized spacial score (nSPS) is 33.8. The van der Waals surface area contributed by atoms with Gasteiger partial charge in [-0.1, -0.05) is 23.7 Å². The zero-order chi connectivity index (χ0) is 20.0. The molecule has 7 nitrogen and oxygen atoms in total. The molecule has 2 amide bonds. The van der Waals surface area contributed by atoms with Crippen molar-refractivity contribution in [3.8, 4) is 0 Å². The summed E-state index contributed by atoms with van der Waals surface area (Å²) >= 11 is 6.24. The second-order valence-corrected chi connectivity index (χ2v) is 8.63. The van der Waals surface area contributed by atoms with Crippen LogP contribution in [0.5, 0.6) is 0 Å². The maximum absolute atomic E-state index is 13.3. The van der Waals surface area contributed by atoms with Gasteiger partial charge in [0.25, 0.3) is 5.69 Å². The van der Waals surface area contributed by atoms with Crippen LogP contribution >= 0.6 is 11.6 Å². The average molecular weight is 401 g/mol. The molecule has 2 aromatic carbocycles. The standard InChI is InChI=1S/C20H17ClN2O5/c1-19-8-9-20(2,28-19)16-15(19)17(24)22(18(16)25)12-6-7-13(23(26)27)14-10(12)4-3-5-11(14)21/h3-7,15-16H,8-9H2,1-2H3/t15-,16+,19?,20?. The molecule has 2 bridgehead atoms. The number of benzene rings is 2. The Morgan fingerprint density at radius 1 is 1.11 bits per heavy atom. The van der Waals surface area contributed by atoms with Crippen molar-refractivity contribution in [1.82, 2.24) is 0 Å². The Hall–Kier alpha value is -2.51. The number of ether oxygens (including phenoxy) is 1. The first-order valence-corrected chi connectivity index (χ1v) is 9.49. The van der Waals surface area contributed by atoms with E-state index in [4.69, 9.17) is 16.3 Å². The zero-order valence-corrected chi connectivity index (χ0v) is 16.0. The van der Waals surface area contributed by atoms with E-state index in [1.54, 1.807) is 18.2 Å². The molecule has 2 aromatic rings. The molecule has 2 unspecified atom stereocenters. The number of carbonyl (C=O) groups is 2. The van der Waals surface area contributed by atoms with Gasteiger partial charge in [-0.2, -0.15) is 0 Å². The number of nitro benzene ring substituents is 1. The molecule has 3 saturated heterocycles. The predicted octanol–water partition coefficient (Wildman–Crippen LogP) is 3.85. The maximum Gasteiger partial charge on any atom is 0.278 e. The van der Waals surface area contributed by atoms with Crippen molar-refractivity contribution in [2.24, 2.45) is 11.8 Å². The van der Waals surface area contributed by atoms with Crippen LogP contribution in [0.2, 0.25) is 5.02 Å². The summed E-state index contributed by atoms with van der Waals surface area (Å²) in [5.74, 6) is -1.70. The highest BCUT2D eigenvalue weighted by Crippen LogP contribution is 2.61. The minimum atomic E-state index is -0.658. The number of halogens is 1. The van der Waals surface area contributed by atoms with Gasteiger partial charge in [-0.05, 0) is 38.8 Å². The summed E-state index contributed by atoms with van der Waals surface area (Å²) in [6, 6.07) is 7.61. The number of hydrogen-bond donors (Lipinski definition) is 0. The lowest BCUT2D eigenvalue weighted by Gasteiger charge is -2.27. The van der Waals surface area contributed by atoms with Gasteiger partial charge in [0.1, 0.15) is 0 Å². The molecule has 3 heterocycles. The van der Waals surface area contributed by atoms with Gasteiger partial charge < -0.3 is 4.74 Å². The first-order chi connectivity index (χ1) is 13.2. The fourth-order valence-electron chi connectivity index (χ4n) is 5.38. The van der Waals surface area contributed by atoms with Crippen LogP contribution in [0, 0.1) is 22.0 Å². The maximum atomic E-state index is 13.3. The molecule has 3 fully saturated rings. The van der Waals surface area contributed by atoms with Gasteiger partial charge in [0.2, 0.25) is 11.8 Å². The summed E-state index contributed by atoms with van der Waals surface area (Å²) in [4.78, 5) is 38.8. The molecule has 0 radical (unpaired) electrons. The third-order valence-corrected chi connectivity index (χ3v) is 6.90. The van der Waals surface area contributed by atoms with Crippen molar-refractivity contribution in [2.45, 2.75) is 37.9 Å². The van der Waals surface area contributed by atoms with Crippen LogP contribution in [0.25, 0.3) is 10.8 Å². The largest absolute Gasteiger partial charge is 0.367 e. The van der Waals surface area contributed by atoms with Crippen molar-refractivity contribution < 1.29 is 19.2 Å².